The summed E-state index contributed by atoms with van der Waals surface area (Å²) in [6.45, 7) is 0.333. The monoisotopic (exact) mass is 320 g/mol. The topological polar surface area (TPSA) is 0 Å². The van der Waals surface area contributed by atoms with Gasteiger partial charge in [0.05, 0.1) is 0 Å². The molecule has 3 aromatic rings. The maximum Gasteiger partial charge on any atom is 0.240 e. The van der Waals surface area contributed by atoms with E-state index < -0.39 is 8.07 Å². The first kappa shape index (κ1) is 13.8. The van der Waals surface area contributed by atoms with E-state index >= 15 is 0 Å². The van der Waals surface area contributed by atoms with Crippen LogP contribution in [0.2, 0.25) is 0 Å². The lowest BCUT2D eigenvalue weighted by molar-refractivity contribution is 1.71. The molecule has 0 aromatic heterocycles. The van der Waals surface area contributed by atoms with E-state index in [2.05, 4.69) is 102 Å². The van der Waals surface area contributed by atoms with Crippen molar-refractivity contribution in [3.05, 3.63) is 102 Å². The fraction of sp³-hybridized carbons (Fsp3) is 0. The molecular weight excluding hydrogens is 303 g/mol. The Kier molecular flexibility index (Phi) is 3.01. The van der Waals surface area contributed by atoms with Crippen molar-refractivity contribution >= 4 is 41.5 Å². The van der Waals surface area contributed by atoms with Crippen molar-refractivity contribution in [1.29, 1.82) is 0 Å². The third-order valence-electron chi connectivity index (χ3n) is 5.40. The van der Waals surface area contributed by atoms with E-state index in [9.17, 15) is 0 Å². The SMILES string of the molecule is C1=C[Si]2(C=C1)c1ccccc1B(c1ccccc1)c1ccccc12. The maximum absolute atomic E-state index is 2.48. The zero-order valence-electron chi connectivity index (χ0n) is 13.4. The summed E-state index contributed by atoms with van der Waals surface area (Å²) in [6, 6.07) is 29.1. The summed E-state index contributed by atoms with van der Waals surface area (Å²) in [5, 5.41) is 3.09. The molecule has 2 heterocycles. The van der Waals surface area contributed by atoms with Crippen LogP contribution in [0.15, 0.2) is 102 Å². The van der Waals surface area contributed by atoms with Gasteiger partial charge in [-0.3, -0.25) is 0 Å². The molecule has 0 saturated heterocycles. The molecule has 2 aliphatic rings. The zero-order valence-corrected chi connectivity index (χ0v) is 14.4. The van der Waals surface area contributed by atoms with Crippen molar-refractivity contribution in [3.8, 4) is 0 Å². The lowest BCUT2D eigenvalue weighted by atomic mass is 9.36. The molecule has 0 nitrogen and oxygen atoms in total. The van der Waals surface area contributed by atoms with Crippen LogP contribution in [0.3, 0.4) is 0 Å². The molecule has 0 amide bonds. The van der Waals surface area contributed by atoms with Crippen LogP contribution in [0.5, 0.6) is 0 Å². The normalized spacial score (nSPS) is 16.2. The Morgan fingerprint density at radius 2 is 1.04 bits per heavy atom. The average Bonchev–Trinajstić information content (AvgIpc) is 3.14. The van der Waals surface area contributed by atoms with E-state index in [1.807, 2.05) is 0 Å². The van der Waals surface area contributed by atoms with Gasteiger partial charge in [-0.1, -0.05) is 129 Å². The van der Waals surface area contributed by atoms with E-state index in [0.29, 0.717) is 6.71 Å². The van der Waals surface area contributed by atoms with Crippen LogP contribution in [-0.2, 0) is 0 Å². The van der Waals surface area contributed by atoms with Crippen molar-refractivity contribution in [2.45, 2.75) is 0 Å². The minimum atomic E-state index is -1.90. The molecule has 0 N–H and O–H groups in total. The highest BCUT2D eigenvalue weighted by molar-refractivity contribution is 7.19. The molecule has 0 radical (unpaired) electrons. The summed E-state index contributed by atoms with van der Waals surface area (Å²) in [5.41, 5.74) is 9.29. The van der Waals surface area contributed by atoms with Gasteiger partial charge in [0.15, 0.2) is 8.07 Å². The van der Waals surface area contributed by atoms with Crippen LogP contribution in [0.4, 0.5) is 0 Å². The first-order valence-corrected chi connectivity index (χ1v) is 10.7. The summed E-state index contributed by atoms with van der Waals surface area (Å²) in [7, 11) is -1.90. The first-order chi connectivity index (χ1) is 11.9. The van der Waals surface area contributed by atoms with Gasteiger partial charge in [0.1, 0.15) is 0 Å². The number of hydrogen-bond donors (Lipinski definition) is 0. The van der Waals surface area contributed by atoms with Crippen LogP contribution in [0.25, 0.3) is 0 Å². The second-order valence-corrected chi connectivity index (χ2v) is 10.1. The van der Waals surface area contributed by atoms with Crippen molar-refractivity contribution in [2.75, 3.05) is 0 Å². The molecule has 3 aromatic carbocycles. The number of hydrogen-bond acceptors (Lipinski definition) is 0. The molecule has 0 bridgehead atoms. The Bertz CT molecular complexity index is 911. The highest BCUT2D eigenvalue weighted by atomic mass is 28.3. The van der Waals surface area contributed by atoms with Gasteiger partial charge < -0.3 is 0 Å². The number of fused-ring (bicyclic) bond motifs is 4. The fourth-order valence-corrected chi connectivity index (χ4v) is 8.50. The Morgan fingerprint density at radius 3 is 1.62 bits per heavy atom. The predicted molar refractivity (Wildman–Crippen MR) is 107 cm³/mol. The first-order valence-electron chi connectivity index (χ1n) is 8.51. The quantitative estimate of drug-likeness (QED) is 0.593. The molecule has 2 heteroatoms. The van der Waals surface area contributed by atoms with Crippen LogP contribution in [0.1, 0.15) is 0 Å². The van der Waals surface area contributed by atoms with Crippen molar-refractivity contribution in [3.63, 3.8) is 0 Å². The van der Waals surface area contributed by atoms with Crippen molar-refractivity contribution in [1.82, 2.24) is 0 Å². The van der Waals surface area contributed by atoms with Crippen molar-refractivity contribution < 1.29 is 0 Å². The molecule has 0 atom stereocenters. The average molecular weight is 320 g/mol. The summed E-state index contributed by atoms with van der Waals surface area (Å²) in [4.78, 5) is 0. The second-order valence-electron chi connectivity index (χ2n) is 6.61. The van der Waals surface area contributed by atoms with Gasteiger partial charge in [-0.15, -0.1) is 0 Å². The maximum atomic E-state index is 2.48. The van der Waals surface area contributed by atoms with E-state index in [1.165, 1.54) is 16.4 Å². The number of benzene rings is 3. The van der Waals surface area contributed by atoms with E-state index in [0.717, 1.165) is 0 Å². The molecule has 0 unspecified atom stereocenters. The number of rotatable bonds is 1. The Hall–Kier alpha value is -2.58. The summed E-state index contributed by atoms with van der Waals surface area (Å²) < 4.78 is 0. The Morgan fingerprint density at radius 1 is 0.542 bits per heavy atom. The lowest BCUT2D eigenvalue weighted by Crippen LogP contribution is -2.77. The number of allylic oxidation sites excluding steroid dienone is 2. The Balaban J connectivity index is 1.87. The molecule has 0 saturated carbocycles. The highest BCUT2D eigenvalue weighted by Gasteiger charge is 2.44. The second kappa shape index (κ2) is 5.22. The van der Waals surface area contributed by atoms with Gasteiger partial charge in [0.2, 0.25) is 6.71 Å². The minimum absolute atomic E-state index is 0.333. The van der Waals surface area contributed by atoms with Gasteiger partial charge in [-0.05, 0) is 0 Å². The van der Waals surface area contributed by atoms with Gasteiger partial charge in [0, 0.05) is 0 Å². The predicted octanol–water partition coefficient (Wildman–Crippen LogP) is 1.28. The largest absolute Gasteiger partial charge is 0.240 e. The summed E-state index contributed by atoms with van der Waals surface area (Å²) in [5.74, 6) is 0. The fourth-order valence-electron chi connectivity index (χ4n) is 4.40. The molecule has 2 aliphatic heterocycles. The van der Waals surface area contributed by atoms with E-state index in [1.54, 1.807) is 10.4 Å². The molecule has 1 spiro atoms. The highest BCUT2D eigenvalue weighted by Crippen LogP contribution is 2.16. The summed E-state index contributed by atoms with van der Waals surface area (Å²) >= 11 is 0. The van der Waals surface area contributed by atoms with Crippen LogP contribution < -0.4 is 26.8 Å². The van der Waals surface area contributed by atoms with Gasteiger partial charge in [-0.2, -0.15) is 0 Å². The van der Waals surface area contributed by atoms with E-state index in [-0.39, 0.29) is 0 Å². The Labute approximate surface area is 144 Å². The molecule has 0 aliphatic carbocycles. The van der Waals surface area contributed by atoms with Gasteiger partial charge in [0.25, 0.3) is 0 Å². The third-order valence-corrected chi connectivity index (χ3v) is 9.53. The summed E-state index contributed by atoms with van der Waals surface area (Å²) in [6.07, 6.45) is 4.48. The van der Waals surface area contributed by atoms with Crippen LogP contribution in [-0.4, -0.2) is 14.8 Å². The molecular formula is C22H17BSi. The molecule has 0 fully saturated rings. The zero-order chi connectivity index (χ0) is 16.0. The van der Waals surface area contributed by atoms with Crippen LogP contribution in [0, 0.1) is 0 Å². The lowest BCUT2D eigenvalue weighted by Gasteiger charge is -2.37. The third kappa shape index (κ3) is 1.81. The minimum Gasteiger partial charge on any atom is -0.0823 e. The van der Waals surface area contributed by atoms with Gasteiger partial charge >= 0.3 is 0 Å². The molecule has 5 rings (SSSR count). The van der Waals surface area contributed by atoms with Crippen molar-refractivity contribution in [2.24, 2.45) is 0 Å². The molecule has 112 valence electrons. The molecule has 24 heavy (non-hydrogen) atoms. The van der Waals surface area contributed by atoms with Crippen LogP contribution >= 0.6 is 0 Å². The van der Waals surface area contributed by atoms with E-state index in [4.69, 9.17) is 0 Å². The van der Waals surface area contributed by atoms with Gasteiger partial charge in [-0.25, -0.2) is 0 Å². The standard InChI is InChI=1S/C22H17BSi/c1-2-10-18(11-3-1)23-19-12-4-6-14-21(19)24(16-8-9-17-24)22-15-7-5-13-20(22)23/h1-17H. The smallest absolute Gasteiger partial charge is 0.0823 e.